The average molecular weight is 237 g/mol. The van der Waals surface area contributed by atoms with Gasteiger partial charge in [0.05, 0.1) is 5.69 Å². The maximum Gasteiger partial charge on any atom is 0.322 e. The van der Waals surface area contributed by atoms with Gasteiger partial charge in [-0.1, -0.05) is 13.8 Å². The normalized spacial score (nSPS) is 19.0. The molecule has 2 amide bonds. The molecule has 2 rings (SSSR count). The fourth-order valence-corrected chi connectivity index (χ4v) is 1.90. The van der Waals surface area contributed by atoms with Gasteiger partial charge in [-0.3, -0.25) is 4.90 Å². The molecule has 17 heavy (non-hydrogen) atoms. The van der Waals surface area contributed by atoms with E-state index in [9.17, 15) is 9.18 Å². The summed E-state index contributed by atoms with van der Waals surface area (Å²) in [7, 11) is 0. The summed E-state index contributed by atoms with van der Waals surface area (Å²) in [5, 5.41) is 2.75. The molecule has 0 saturated carbocycles. The van der Waals surface area contributed by atoms with E-state index in [1.165, 1.54) is 17.0 Å². The van der Waals surface area contributed by atoms with Gasteiger partial charge in [0.15, 0.2) is 0 Å². The van der Waals surface area contributed by atoms with Crippen molar-refractivity contribution in [3.8, 4) is 0 Å². The lowest BCUT2D eigenvalue weighted by Crippen LogP contribution is -2.55. The Labute approximate surface area is 99.6 Å². The van der Waals surface area contributed by atoms with Crippen molar-refractivity contribution >= 4 is 17.4 Å². The highest BCUT2D eigenvalue weighted by molar-refractivity contribution is 5.93. The molecule has 5 heteroatoms. The van der Waals surface area contributed by atoms with Gasteiger partial charge in [0.1, 0.15) is 5.82 Å². The van der Waals surface area contributed by atoms with Crippen LogP contribution < -0.4 is 16.0 Å². The average Bonchev–Trinajstić information content (AvgIpc) is 2.22. The molecule has 92 valence electrons. The van der Waals surface area contributed by atoms with E-state index in [1.807, 2.05) is 13.8 Å². The number of urea groups is 1. The lowest BCUT2D eigenvalue weighted by molar-refractivity contribution is 0.223. The van der Waals surface area contributed by atoms with Crippen LogP contribution in [-0.2, 0) is 0 Å². The fraction of sp³-hybridized carbons (Fsp3) is 0.417. The van der Waals surface area contributed by atoms with Gasteiger partial charge in [-0.25, -0.2) is 9.18 Å². The Morgan fingerprint density at radius 2 is 2.18 bits per heavy atom. The summed E-state index contributed by atoms with van der Waals surface area (Å²) in [6, 6.07) is 4.08. The number of amides is 2. The number of benzene rings is 1. The Morgan fingerprint density at radius 3 is 2.82 bits per heavy atom. The number of anilines is 2. The fourth-order valence-electron chi connectivity index (χ4n) is 1.90. The van der Waals surface area contributed by atoms with E-state index in [1.54, 1.807) is 6.07 Å². The summed E-state index contributed by atoms with van der Waals surface area (Å²) in [6.45, 7) is 5.13. The van der Waals surface area contributed by atoms with Gasteiger partial charge >= 0.3 is 6.03 Å². The van der Waals surface area contributed by atoms with Gasteiger partial charge in [-0.05, 0) is 18.2 Å². The molecule has 1 aromatic carbocycles. The van der Waals surface area contributed by atoms with Gasteiger partial charge in [-0.15, -0.1) is 0 Å². The van der Waals surface area contributed by atoms with Crippen LogP contribution >= 0.6 is 0 Å². The first-order valence-electron chi connectivity index (χ1n) is 5.49. The number of carbonyl (C=O) groups excluding carboxylic acids is 1. The molecule has 1 fully saturated rings. The molecule has 0 radical (unpaired) electrons. The van der Waals surface area contributed by atoms with E-state index in [2.05, 4.69) is 5.32 Å². The summed E-state index contributed by atoms with van der Waals surface area (Å²) >= 11 is 0. The number of hydrogen-bond acceptors (Lipinski definition) is 2. The van der Waals surface area contributed by atoms with Crippen molar-refractivity contribution in [2.45, 2.75) is 13.8 Å². The van der Waals surface area contributed by atoms with Crippen LogP contribution in [-0.4, -0.2) is 19.1 Å². The molecule has 0 aliphatic carbocycles. The Morgan fingerprint density at radius 1 is 1.47 bits per heavy atom. The number of nitrogen functional groups attached to an aromatic ring is 1. The molecule has 1 aliphatic rings. The molecule has 0 bridgehead atoms. The van der Waals surface area contributed by atoms with Gasteiger partial charge in [0.25, 0.3) is 0 Å². The van der Waals surface area contributed by atoms with Crippen molar-refractivity contribution in [2.24, 2.45) is 5.41 Å². The maximum absolute atomic E-state index is 13.8. The van der Waals surface area contributed by atoms with E-state index in [0.717, 1.165) is 0 Å². The lowest BCUT2D eigenvalue weighted by atomic mass is 9.91. The molecule has 1 heterocycles. The van der Waals surface area contributed by atoms with Crippen LogP contribution in [0.4, 0.5) is 20.6 Å². The monoisotopic (exact) mass is 237 g/mol. The molecule has 0 unspecified atom stereocenters. The van der Waals surface area contributed by atoms with Crippen LogP contribution in [0, 0.1) is 11.2 Å². The Balaban J connectivity index is 2.34. The third kappa shape index (κ3) is 2.33. The SMILES string of the molecule is CC1(C)CNC(=O)N(c2ccc(N)cc2F)C1. The highest BCUT2D eigenvalue weighted by atomic mass is 19.1. The smallest absolute Gasteiger partial charge is 0.322 e. The summed E-state index contributed by atoms with van der Waals surface area (Å²) in [5.41, 5.74) is 6.02. The van der Waals surface area contributed by atoms with Gasteiger partial charge < -0.3 is 11.1 Å². The predicted octanol–water partition coefficient (Wildman–Crippen LogP) is 1.96. The second kappa shape index (κ2) is 3.91. The molecule has 1 aromatic rings. The molecule has 0 aromatic heterocycles. The lowest BCUT2D eigenvalue weighted by Gasteiger charge is -2.38. The van der Waals surface area contributed by atoms with E-state index < -0.39 is 5.82 Å². The van der Waals surface area contributed by atoms with Crippen LogP contribution in [0.3, 0.4) is 0 Å². The third-order valence-corrected chi connectivity index (χ3v) is 2.81. The molecule has 0 atom stereocenters. The number of nitrogens with one attached hydrogen (secondary N) is 1. The number of halogens is 1. The summed E-state index contributed by atoms with van der Waals surface area (Å²) in [5.74, 6) is -0.474. The number of nitrogens with two attached hydrogens (primary N) is 1. The highest BCUT2D eigenvalue weighted by Crippen LogP contribution is 2.28. The van der Waals surface area contributed by atoms with Crippen molar-refractivity contribution in [3.05, 3.63) is 24.0 Å². The minimum absolute atomic E-state index is 0.0816. The van der Waals surface area contributed by atoms with Crippen molar-refractivity contribution in [2.75, 3.05) is 23.7 Å². The zero-order valence-electron chi connectivity index (χ0n) is 9.96. The highest BCUT2D eigenvalue weighted by Gasteiger charge is 2.32. The second-order valence-electron chi connectivity index (χ2n) is 5.12. The molecule has 1 saturated heterocycles. The van der Waals surface area contributed by atoms with E-state index in [0.29, 0.717) is 18.8 Å². The molecule has 1 aliphatic heterocycles. The Bertz CT molecular complexity index is 459. The minimum atomic E-state index is -0.474. The number of nitrogens with zero attached hydrogens (tertiary/aromatic N) is 1. The summed E-state index contributed by atoms with van der Waals surface area (Å²) < 4.78 is 13.8. The van der Waals surface area contributed by atoms with Crippen LogP contribution in [0.1, 0.15) is 13.8 Å². The van der Waals surface area contributed by atoms with Crippen molar-refractivity contribution in [3.63, 3.8) is 0 Å². The zero-order chi connectivity index (χ0) is 12.6. The molecular weight excluding hydrogens is 221 g/mol. The van der Waals surface area contributed by atoms with Gasteiger partial charge in [-0.2, -0.15) is 0 Å². The van der Waals surface area contributed by atoms with Gasteiger partial charge in [0.2, 0.25) is 0 Å². The van der Waals surface area contributed by atoms with Crippen molar-refractivity contribution in [1.29, 1.82) is 0 Å². The summed E-state index contributed by atoms with van der Waals surface area (Å²) in [6.07, 6.45) is 0. The number of hydrogen-bond donors (Lipinski definition) is 2. The largest absolute Gasteiger partial charge is 0.399 e. The van der Waals surface area contributed by atoms with E-state index in [-0.39, 0.29) is 17.1 Å². The maximum atomic E-state index is 13.8. The topological polar surface area (TPSA) is 58.4 Å². The second-order valence-corrected chi connectivity index (χ2v) is 5.12. The number of rotatable bonds is 1. The standard InChI is InChI=1S/C12H16FN3O/c1-12(2)6-15-11(17)16(7-12)10-4-3-8(14)5-9(10)13/h3-5H,6-7,14H2,1-2H3,(H,15,17). The van der Waals surface area contributed by atoms with Crippen LogP contribution in [0.2, 0.25) is 0 Å². The first-order valence-corrected chi connectivity index (χ1v) is 5.49. The quantitative estimate of drug-likeness (QED) is 0.733. The molecule has 0 spiro atoms. The van der Waals surface area contributed by atoms with Crippen LogP contribution in [0.15, 0.2) is 18.2 Å². The molecule has 3 N–H and O–H groups in total. The van der Waals surface area contributed by atoms with Crippen molar-refractivity contribution < 1.29 is 9.18 Å². The zero-order valence-corrected chi connectivity index (χ0v) is 9.96. The van der Waals surface area contributed by atoms with Gasteiger partial charge in [0, 0.05) is 24.2 Å². The van der Waals surface area contributed by atoms with Crippen molar-refractivity contribution in [1.82, 2.24) is 5.32 Å². The first kappa shape index (κ1) is 11.7. The van der Waals surface area contributed by atoms with Crippen LogP contribution in [0.25, 0.3) is 0 Å². The third-order valence-electron chi connectivity index (χ3n) is 2.81. The van der Waals surface area contributed by atoms with E-state index in [4.69, 9.17) is 5.73 Å². The number of carbonyl (C=O) groups is 1. The Kier molecular flexibility index (Phi) is 2.69. The summed E-state index contributed by atoms with van der Waals surface area (Å²) in [4.78, 5) is 13.2. The molecular formula is C12H16FN3O. The Hall–Kier alpha value is -1.78. The predicted molar refractivity (Wildman–Crippen MR) is 65.3 cm³/mol. The van der Waals surface area contributed by atoms with Crippen LogP contribution in [0.5, 0.6) is 0 Å². The molecule has 4 nitrogen and oxygen atoms in total. The first-order chi connectivity index (χ1) is 7.89. The minimum Gasteiger partial charge on any atom is -0.399 e. The van der Waals surface area contributed by atoms with E-state index >= 15 is 0 Å².